The molecule has 3 N–H and O–H groups in total. The van der Waals surface area contributed by atoms with Crippen molar-refractivity contribution in [2.24, 2.45) is 0 Å². The lowest BCUT2D eigenvalue weighted by molar-refractivity contribution is 0.600. The number of nitrogens with zero attached hydrogens (tertiary/aromatic N) is 1. The highest BCUT2D eigenvalue weighted by atomic mass is 32.2. The molecule has 0 aromatic heterocycles. The summed E-state index contributed by atoms with van der Waals surface area (Å²) in [5, 5.41) is 8.73. The lowest BCUT2D eigenvalue weighted by Gasteiger charge is -2.10. The lowest BCUT2D eigenvalue weighted by atomic mass is 10.2. The van der Waals surface area contributed by atoms with Gasteiger partial charge >= 0.3 is 0 Å². The molecule has 5 nitrogen and oxygen atoms in total. The maximum atomic E-state index is 13.2. The van der Waals surface area contributed by atoms with Crippen molar-refractivity contribution in [3.63, 3.8) is 0 Å². The SMILES string of the molecule is N#Cc1cc(NS(=O)(=O)Cc2ccccc2N)ccc1F. The smallest absolute Gasteiger partial charge is 0.236 e. The minimum atomic E-state index is -3.71. The first kappa shape index (κ1) is 14.8. The Morgan fingerprint density at radius 2 is 1.95 bits per heavy atom. The van der Waals surface area contributed by atoms with Crippen LogP contribution in [0.15, 0.2) is 42.5 Å². The molecule has 0 aliphatic heterocycles. The Balaban J connectivity index is 2.22. The van der Waals surface area contributed by atoms with E-state index in [1.54, 1.807) is 30.3 Å². The number of rotatable bonds is 4. The normalized spacial score (nSPS) is 10.9. The van der Waals surface area contributed by atoms with Crippen LogP contribution in [0.2, 0.25) is 0 Å². The third-order valence-corrected chi connectivity index (χ3v) is 4.00. The first-order chi connectivity index (χ1) is 9.91. The van der Waals surface area contributed by atoms with E-state index in [1.807, 2.05) is 0 Å². The van der Waals surface area contributed by atoms with Gasteiger partial charge in [0, 0.05) is 11.4 Å². The number of anilines is 2. The summed E-state index contributed by atoms with van der Waals surface area (Å²) in [4.78, 5) is 0. The third kappa shape index (κ3) is 3.70. The highest BCUT2D eigenvalue weighted by Crippen LogP contribution is 2.19. The van der Waals surface area contributed by atoms with Gasteiger partial charge in [-0.15, -0.1) is 0 Å². The zero-order valence-electron chi connectivity index (χ0n) is 10.9. The van der Waals surface area contributed by atoms with E-state index in [9.17, 15) is 12.8 Å². The summed E-state index contributed by atoms with van der Waals surface area (Å²) in [6.45, 7) is 0. The van der Waals surface area contributed by atoms with Crippen molar-refractivity contribution < 1.29 is 12.8 Å². The van der Waals surface area contributed by atoms with Gasteiger partial charge in [-0.05, 0) is 29.8 Å². The highest BCUT2D eigenvalue weighted by Gasteiger charge is 2.14. The zero-order valence-corrected chi connectivity index (χ0v) is 11.7. The maximum Gasteiger partial charge on any atom is 0.236 e. The second-order valence-corrected chi connectivity index (χ2v) is 6.09. The molecule has 0 saturated carbocycles. The predicted octanol–water partition coefficient (Wildman–Crippen LogP) is 2.22. The molecule has 0 bridgehead atoms. The van der Waals surface area contributed by atoms with Gasteiger partial charge in [0.25, 0.3) is 0 Å². The number of nitrogens with two attached hydrogens (primary N) is 1. The van der Waals surface area contributed by atoms with Crippen LogP contribution >= 0.6 is 0 Å². The molecule has 0 radical (unpaired) electrons. The molecule has 0 fully saturated rings. The summed E-state index contributed by atoms with van der Waals surface area (Å²) in [7, 11) is -3.71. The maximum absolute atomic E-state index is 13.2. The van der Waals surface area contributed by atoms with Crippen LogP contribution in [0.3, 0.4) is 0 Å². The molecule has 0 unspecified atom stereocenters. The van der Waals surface area contributed by atoms with E-state index in [0.29, 0.717) is 11.3 Å². The first-order valence-electron chi connectivity index (χ1n) is 5.95. The van der Waals surface area contributed by atoms with E-state index in [1.165, 1.54) is 6.07 Å². The fourth-order valence-electron chi connectivity index (χ4n) is 1.76. The average Bonchev–Trinajstić information content (AvgIpc) is 2.43. The molecule has 108 valence electrons. The van der Waals surface area contributed by atoms with Crippen molar-refractivity contribution in [3.8, 4) is 6.07 Å². The van der Waals surface area contributed by atoms with E-state index in [0.717, 1.165) is 12.1 Å². The van der Waals surface area contributed by atoms with E-state index >= 15 is 0 Å². The Labute approximate surface area is 121 Å². The van der Waals surface area contributed by atoms with E-state index in [2.05, 4.69) is 4.72 Å². The van der Waals surface area contributed by atoms with Crippen molar-refractivity contribution in [1.82, 2.24) is 0 Å². The fourth-order valence-corrected chi connectivity index (χ4v) is 2.99. The zero-order chi connectivity index (χ0) is 15.5. The standard InChI is InChI=1S/C14H12FN3O2S/c15-13-6-5-12(7-11(13)8-16)18-21(19,20)9-10-3-1-2-4-14(10)17/h1-7,18H,9,17H2. The summed E-state index contributed by atoms with van der Waals surface area (Å²) >= 11 is 0. The Kier molecular flexibility index (Phi) is 4.10. The van der Waals surface area contributed by atoms with Crippen LogP contribution in [0, 0.1) is 17.1 Å². The van der Waals surface area contributed by atoms with Gasteiger partial charge in [-0.2, -0.15) is 5.26 Å². The van der Waals surface area contributed by atoms with Crippen LogP contribution in [0.4, 0.5) is 15.8 Å². The summed E-state index contributed by atoms with van der Waals surface area (Å²) in [6, 6.07) is 11.7. The Hall–Kier alpha value is -2.59. The number of hydrogen-bond acceptors (Lipinski definition) is 4. The van der Waals surface area contributed by atoms with Crippen LogP contribution < -0.4 is 10.5 Å². The van der Waals surface area contributed by atoms with E-state index in [-0.39, 0.29) is 17.0 Å². The highest BCUT2D eigenvalue weighted by molar-refractivity contribution is 7.91. The second kappa shape index (κ2) is 5.81. The molecule has 0 saturated heterocycles. The van der Waals surface area contributed by atoms with E-state index < -0.39 is 15.8 Å². The van der Waals surface area contributed by atoms with Crippen LogP contribution in [0.1, 0.15) is 11.1 Å². The minimum absolute atomic E-state index is 0.127. The number of hydrogen-bond donors (Lipinski definition) is 2. The van der Waals surface area contributed by atoms with Crippen molar-refractivity contribution in [2.75, 3.05) is 10.5 Å². The Morgan fingerprint density at radius 1 is 1.24 bits per heavy atom. The monoisotopic (exact) mass is 305 g/mol. The van der Waals surface area contributed by atoms with Gasteiger partial charge in [0.2, 0.25) is 10.0 Å². The Bertz CT molecular complexity index is 813. The van der Waals surface area contributed by atoms with Crippen LogP contribution in [-0.4, -0.2) is 8.42 Å². The second-order valence-electron chi connectivity index (χ2n) is 4.37. The number of nitrogens with one attached hydrogen (secondary N) is 1. The van der Waals surface area contributed by atoms with Crippen molar-refractivity contribution >= 4 is 21.4 Å². The first-order valence-corrected chi connectivity index (χ1v) is 7.60. The third-order valence-electron chi connectivity index (χ3n) is 2.76. The molecule has 0 atom stereocenters. The van der Waals surface area contributed by atoms with Crippen LogP contribution in [0.25, 0.3) is 0 Å². The molecule has 2 aromatic rings. The van der Waals surface area contributed by atoms with Crippen LogP contribution in [0.5, 0.6) is 0 Å². The van der Waals surface area contributed by atoms with E-state index in [4.69, 9.17) is 11.0 Å². The van der Waals surface area contributed by atoms with Gasteiger partial charge in [-0.3, -0.25) is 4.72 Å². The average molecular weight is 305 g/mol. The summed E-state index contributed by atoms with van der Waals surface area (Å²) in [5.41, 5.74) is 6.44. The van der Waals surface area contributed by atoms with Gasteiger partial charge in [-0.1, -0.05) is 18.2 Å². The predicted molar refractivity (Wildman–Crippen MR) is 78.2 cm³/mol. The number of benzene rings is 2. The molecule has 21 heavy (non-hydrogen) atoms. The van der Waals surface area contributed by atoms with Crippen molar-refractivity contribution in [2.45, 2.75) is 5.75 Å². The number of para-hydroxylation sites is 1. The molecular weight excluding hydrogens is 293 g/mol. The molecule has 2 rings (SSSR count). The summed E-state index contributed by atoms with van der Waals surface area (Å²) in [5.74, 6) is -1.01. The number of nitrogen functional groups attached to an aromatic ring is 1. The van der Waals surface area contributed by atoms with Crippen molar-refractivity contribution in [1.29, 1.82) is 5.26 Å². The molecule has 7 heteroatoms. The fraction of sp³-hybridized carbons (Fsp3) is 0.0714. The number of sulfonamides is 1. The van der Waals surface area contributed by atoms with Gasteiger partial charge in [-0.25, -0.2) is 12.8 Å². The Morgan fingerprint density at radius 3 is 2.62 bits per heavy atom. The number of nitriles is 1. The van der Waals surface area contributed by atoms with Gasteiger partial charge in [0.15, 0.2) is 0 Å². The quantitative estimate of drug-likeness (QED) is 0.846. The van der Waals surface area contributed by atoms with Gasteiger partial charge in [0.1, 0.15) is 11.9 Å². The van der Waals surface area contributed by atoms with Crippen molar-refractivity contribution in [3.05, 3.63) is 59.4 Å². The minimum Gasteiger partial charge on any atom is -0.398 e. The molecule has 0 heterocycles. The molecule has 0 aliphatic carbocycles. The molecular formula is C14H12FN3O2S. The molecule has 2 aromatic carbocycles. The molecule has 0 spiro atoms. The number of halogens is 1. The molecule has 0 amide bonds. The summed E-state index contributed by atoms with van der Waals surface area (Å²) in [6.07, 6.45) is 0. The van der Waals surface area contributed by atoms with Gasteiger partial charge in [0.05, 0.1) is 11.3 Å². The largest absolute Gasteiger partial charge is 0.398 e. The topological polar surface area (TPSA) is 96.0 Å². The lowest BCUT2D eigenvalue weighted by Crippen LogP contribution is -2.16. The summed E-state index contributed by atoms with van der Waals surface area (Å²) < 4.78 is 39.6. The molecule has 0 aliphatic rings. The van der Waals surface area contributed by atoms with Gasteiger partial charge < -0.3 is 5.73 Å². The van der Waals surface area contributed by atoms with Crippen LogP contribution in [-0.2, 0) is 15.8 Å².